The van der Waals surface area contributed by atoms with E-state index in [1.54, 1.807) is 48.5 Å². The molecule has 0 aromatic heterocycles. The van der Waals surface area contributed by atoms with Crippen molar-refractivity contribution in [3.8, 4) is 0 Å². The number of hydrogen-bond acceptors (Lipinski definition) is 8. The van der Waals surface area contributed by atoms with Crippen molar-refractivity contribution < 1.29 is 52.6 Å². The molecular formula is C47H47ClN2O11S. The molecule has 0 bridgehead atoms. The molecule has 0 heterocycles. The summed E-state index contributed by atoms with van der Waals surface area (Å²) in [6.45, 7) is 4.04. The standard InChI is InChI=1S/2C23H21NO4.CH4O3S.ClH/c2*25-22(26)20-10-6-18(7-11-20)15-24(14-17-4-2-1-3-5-17)16-19-8-12-21(13-9-19)23(27)28;1-5(2,3)4;/h2*1-13H,14-16H2,(H,25,26)(H,27,28);1H3,(H,2,3,4);1H. The fourth-order valence-electron chi connectivity index (χ4n) is 6.06. The van der Waals surface area contributed by atoms with E-state index >= 15 is 0 Å². The van der Waals surface area contributed by atoms with Crippen molar-refractivity contribution in [3.63, 3.8) is 0 Å². The van der Waals surface area contributed by atoms with Crippen molar-refractivity contribution in [2.24, 2.45) is 0 Å². The van der Waals surface area contributed by atoms with Crippen LogP contribution in [0.4, 0.5) is 0 Å². The number of carbonyl (C=O) groups is 4. The lowest BCUT2D eigenvalue weighted by Crippen LogP contribution is -2.22. The monoisotopic (exact) mass is 882 g/mol. The molecule has 0 fully saturated rings. The zero-order chi connectivity index (χ0) is 44.4. The van der Waals surface area contributed by atoms with Crippen LogP contribution in [0, 0.1) is 0 Å². The molecule has 0 aliphatic carbocycles. The number of carboxylic acids is 4. The van der Waals surface area contributed by atoms with Gasteiger partial charge in [-0.05, 0) is 81.9 Å². The van der Waals surface area contributed by atoms with E-state index in [-0.39, 0.29) is 34.7 Å². The van der Waals surface area contributed by atoms with Crippen LogP contribution in [0.3, 0.4) is 0 Å². The number of carboxylic acid groups (broad SMARTS) is 4. The maximum atomic E-state index is 11.0. The molecule has 15 heteroatoms. The Morgan fingerprint density at radius 3 is 0.694 bits per heavy atom. The number of halogens is 1. The van der Waals surface area contributed by atoms with Crippen LogP contribution in [0.25, 0.3) is 0 Å². The van der Waals surface area contributed by atoms with Crippen LogP contribution in [0.1, 0.15) is 74.8 Å². The minimum atomic E-state index is -3.67. The van der Waals surface area contributed by atoms with Crippen molar-refractivity contribution in [2.75, 3.05) is 6.26 Å². The van der Waals surface area contributed by atoms with Crippen LogP contribution in [0.15, 0.2) is 158 Å². The maximum Gasteiger partial charge on any atom is 0.335 e. The molecule has 62 heavy (non-hydrogen) atoms. The predicted molar refractivity (Wildman–Crippen MR) is 237 cm³/mol. The highest BCUT2D eigenvalue weighted by Crippen LogP contribution is 2.18. The summed E-state index contributed by atoms with van der Waals surface area (Å²) in [7, 11) is -3.67. The number of aromatic carboxylic acids is 4. The molecule has 6 rings (SSSR count). The average Bonchev–Trinajstić information content (AvgIpc) is 3.22. The van der Waals surface area contributed by atoms with Crippen molar-refractivity contribution in [1.29, 1.82) is 0 Å². The van der Waals surface area contributed by atoms with Crippen LogP contribution in [-0.4, -0.2) is 73.3 Å². The molecule has 0 saturated heterocycles. The second kappa shape index (κ2) is 24.5. The summed E-state index contributed by atoms with van der Waals surface area (Å²) < 4.78 is 25.9. The topological polar surface area (TPSA) is 210 Å². The van der Waals surface area contributed by atoms with Crippen LogP contribution < -0.4 is 0 Å². The van der Waals surface area contributed by atoms with Gasteiger partial charge in [0.05, 0.1) is 28.5 Å². The summed E-state index contributed by atoms with van der Waals surface area (Å²) in [4.78, 5) is 48.6. The predicted octanol–water partition coefficient (Wildman–Crippen LogP) is 8.50. The summed E-state index contributed by atoms with van der Waals surface area (Å²) in [5.41, 5.74) is 7.48. The van der Waals surface area contributed by atoms with Gasteiger partial charge in [-0.15, -0.1) is 12.4 Å². The van der Waals surface area contributed by atoms with Crippen LogP contribution >= 0.6 is 12.4 Å². The minimum Gasteiger partial charge on any atom is -0.478 e. The smallest absolute Gasteiger partial charge is 0.335 e. The van der Waals surface area contributed by atoms with Gasteiger partial charge < -0.3 is 20.4 Å². The van der Waals surface area contributed by atoms with E-state index in [0.29, 0.717) is 32.4 Å². The Labute approximate surface area is 366 Å². The molecule has 0 radical (unpaired) electrons. The number of hydrogen-bond donors (Lipinski definition) is 5. The third-order valence-electron chi connectivity index (χ3n) is 8.93. The highest BCUT2D eigenvalue weighted by Gasteiger charge is 2.13. The molecule has 0 unspecified atom stereocenters. The SMILES string of the molecule is CS(=O)(=O)O.Cl.O=C(O)c1ccc(CN(Cc2ccccc2)Cc2ccc(C(=O)O)cc2)cc1.O=C(O)c1ccc(CN(Cc2ccccc2)Cc2ccc(C(=O)O)cc2)cc1. The Bertz CT molecular complexity index is 2160. The normalized spacial score (nSPS) is 10.6. The molecule has 0 atom stereocenters. The third-order valence-corrected chi connectivity index (χ3v) is 8.93. The van der Waals surface area contributed by atoms with Gasteiger partial charge in [-0.1, -0.05) is 109 Å². The lowest BCUT2D eigenvalue weighted by Gasteiger charge is -2.23. The molecule has 0 amide bonds. The average molecular weight is 883 g/mol. The van der Waals surface area contributed by atoms with Crippen LogP contribution in [0.2, 0.25) is 0 Å². The molecule has 6 aromatic rings. The van der Waals surface area contributed by atoms with Gasteiger partial charge >= 0.3 is 23.9 Å². The Kier molecular flexibility index (Phi) is 19.7. The Balaban J connectivity index is 0.000000294. The van der Waals surface area contributed by atoms with E-state index in [1.165, 1.54) is 11.1 Å². The lowest BCUT2D eigenvalue weighted by atomic mass is 10.1. The summed E-state index contributed by atoms with van der Waals surface area (Å²) in [6.07, 6.45) is 0.715. The highest BCUT2D eigenvalue weighted by atomic mass is 35.5. The molecule has 6 aromatic carbocycles. The number of nitrogens with zero attached hydrogens (tertiary/aromatic N) is 2. The first-order valence-corrected chi connectivity index (χ1v) is 20.6. The van der Waals surface area contributed by atoms with Crippen LogP contribution in [0.5, 0.6) is 0 Å². The van der Waals surface area contributed by atoms with Gasteiger partial charge in [-0.2, -0.15) is 8.42 Å². The summed E-state index contributed by atoms with van der Waals surface area (Å²) >= 11 is 0. The quantitative estimate of drug-likeness (QED) is 0.0578. The first-order chi connectivity index (χ1) is 29.0. The van der Waals surface area contributed by atoms with E-state index in [2.05, 4.69) is 34.1 Å². The molecular weight excluding hydrogens is 836 g/mol. The number of benzene rings is 6. The van der Waals surface area contributed by atoms with Gasteiger partial charge in [-0.3, -0.25) is 14.4 Å². The van der Waals surface area contributed by atoms with E-state index in [0.717, 1.165) is 35.3 Å². The van der Waals surface area contributed by atoms with Gasteiger partial charge in [0.2, 0.25) is 0 Å². The van der Waals surface area contributed by atoms with Gasteiger partial charge in [-0.25, -0.2) is 19.2 Å². The van der Waals surface area contributed by atoms with E-state index in [9.17, 15) is 27.6 Å². The second-order valence-electron chi connectivity index (χ2n) is 14.0. The molecule has 0 aliphatic heterocycles. The summed E-state index contributed by atoms with van der Waals surface area (Å²) in [5, 5.41) is 36.2. The second-order valence-corrected chi connectivity index (χ2v) is 15.5. The van der Waals surface area contributed by atoms with Crippen molar-refractivity contribution >= 4 is 46.4 Å². The first-order valence-electron chi connectivity index (χ1n) is 18.8. The van der Waals surface area contributed by atoms with Crippen molar-refractivity contribution in [1.82, 2.24) is 9.80 Å². The first kappa shape index (κ1) is 49.7. The summed E-state index contributed by atoms with van der Waals surface area (Å²) in [6, 6.07) is 47.7. The van der Waals surface area contributed by atoms with E-state index in [4.69, 9.17) is 25.0 Å². The molecule has 324 valence electrons. The molecule has 0 spiro atoms. The molecule has 5 N–H and O–H groups in total. The fourth-order valence-corrected chi connectivity index (χ4v) is 6.06. The van der Waals surface area contributed by atoms with Crippen molar-refractivity contribution in [2.45, 2.75) is 39.3 Å². The summed E-state index contributed by atoms with van der Waals surface area (Å²) in [5.74, 6) is -3.75. The van der Waals surface area contributed by atoms with E-state index in [1.807, 2.05) is 84.9 Å². The van der Waals surface area contributed by atoms with Gasteiger partial charge in [0, 0.05) is 39.3 Å². The van der Waals surface area contributed by atoms with E-state index < -0.39 is 34.0 Å². The van der Waals surface area contributed by atoms with Gasteiger partial charge in [0.1, 0.15) is 0 Å². The van der Waals surface area contributed by atoms with Gasteiger partial charge in [0.25, 0.3) is 10.1 Å². The fraction of sp³-hybridized carbons (Fsp3) is 0.149. The Hall–Kier alpha value is -6.68. The highest BCUT2D eigenvalue weighted by molar-refractivity contribution is 7.85. The van der Waals surface area contributed by atoms with Gasteiger partial charge in [0.15, 0.2) is 0 Å². The zero-order valence-corrected chi connectivity index (χ0v) is 35.3. The zero-order valence-electron chi connectivity index (χ0n) is 33.7. The Morgan fingerprint density at radius 1 is 0.371 bits per heavy atom. The largest absolute Gasteiger partial charge is 0.478 e. The maximum absolute atomic E-state index is 11.0. The lowest BCUT2D eigenvalue weighted by molar-refractivity contribution is 0.0686. The van der Waals surface area contributed by atoms with Crippen LogP contribution in [-0.2, 0) is 49.4 Å². The molecule has 0 aliphatic rings. The number of rotatable bonds is 16. The Morgan fingerprint density at radius 2 is 0.532 bits per heavy atom. The van der Waals surface area contributed by atoms with Crippen molar-refractivity contribution in [3.05, 3.63) is 213 Å². The third kappa shape index (κ3) is 18.3. The molecule has 13 nitrogen and oxygen atoms in total. The molecule has 0 saturated carbocycles. The minimum absolute atomic E-state index is 0.